The SMILES string of the molecule is COc1ccc(/C=C/C2=CC(=O)C(C(C)=O)C(c3ccc(OC)cc3)C2)cc1. The summed E-state index contributed by atoms with van der Waals surface area (Å²) in [6.07, 6.45) is 6.16. The maximum Gasteiger partial charge on any atom is 0.167 e. The van der Waals surface area contributed by atoms with Crippen molar-refractivity contribution >= 4 is 17.6 Å². The van der Waals surface area contributed by atoms with Crippen LogP contribution in [-0.4, -0.2) is 25.8 Å². The van der Waals surface area contributed by atoms with Gasteiger partial charge in [0.25, 0.3) is 0 Å². The lowest BCUT2D eigenvalue weighted by Crippen LogP contribution is -2.31. The van der Waals surface area contributed by atoms with Gasteiger partial charge in [-0.15, -0.1) is 0 Å². The molecule has 0 radical (unpaired) electrons. The van der Waals surface area contributed by atoms with Crippen molar-refractivity contribution in [3.05, 3.63) is 77.4 Å². The number of Topliss-reactive ketones (excluding diaryl/α,β-unsaturated/α-hetero) is 1. The van der Waals surface area contributed by atoms with Crippen molar-refractivity contribution in [1.29, 1.82) is 0 Å². The summed E-state index contributed by atoms with van der Waals surface area (Å²) in [5.41, 5.74) is 2.90. The van der Waals surface area contributed by atoms with Crippen molar-refractivity contribution in [3.8, 4) is 11.5 Å². The molecule has 2 aromatic carbocycles. The second-order valence-corrected chi connectivity index (χ2v) is 6.90. The van der Waals surface area contributed by atoms with Gasteiger partial charge >= 0.3 is 0 Å². The fraction of sp³-hybridized carbons (Fsp3) is 0.250. The van der Waals surface area contributed by atoms with Gasteiger partial charge in [0.15, 0.2) is 5.78 Å². The quantitative estimate of drug-likeness (QED) is 0.691. The average Bonchev–Trinajstić information content (AvgIpc) is 2.72. The van der Waals surface area contributed by atoms with Gasteiger partial charge in [0.2, 0.25) is 0 Å². The number of ketones is 2. The third kappa shape index (κ3) is 4.39. The molecular weight excluding hydrogens is 352 g/mol. The first-order chi connectivity index (χ1) is 13.5. The van der Waals surface area contributed by atoms with Crippen LogP contribution in [0, 0.1) is 5.92 Å². The standard InChI is InChI=1S/C24H24O4/c1-16(25)24-22(19-8-12-21(28-3)13-9-19)14-18(15-23(24)26)5-4-17-6-10-20(27-2)11-7-17/h4-13,15,22,24H,14H2,1-3H3/b5-4+. The minimum absolute atomic E-state index is 0.0970. The fourth-order valence-corrected chi connectivity index (χ4v) is 3.58. The maximum absolute atomic E-state index is 12.7. The summed E-state index contributed by atoms with van der Waals surface area (Å²) in [5, 5.41) is 0. The van der Waals surface area contributed by atoms with E-state index in [4.69, 9.17) is 9.47 Å². The lowest BCUT2D eigenvalue weighted by molar-refractivity contribution is -0.130. The van der Waals surface area contributed by atoms with Gasteiger partial charge in [-0.3, -0.25) is 9.59 Å². The molecule has 0 amide bonds. The Morgan fingerprint density at radius 3 is 2.04 bits per heavy atom. The highest BCUT2D eigenvalue weighted by molar-refractivity contribution is 6.09. The molecule has 2 atom stereocenters. The first kappa shape index (κ1) is 19.6. The van der Waals surface area contributed by atoms with E-state index in [1.165, 1.54) is 6.92 Å². The zero-order valence-electron chi connectivity index (χ0n) is 16.3. The zero-order chi connectivity index (χ0) is 20.1. The maximum atomic E-state index is 12.7. The number of benzene rings is 2. The molecule has 0 saturated heterocycles. The van der Waals surface area contributed by atoms with Gasteiger partial charge in [-0.2, -0.15) is 0 Å². The minimum atomic E-state index is -0.633. The van der Waals surface area contributed by atoms with Gasteiger partial charge in [-0.05, 0) is 60.4 Å². The van der Waals surface area contributed by atoms with Gasteiger partial charge < -0.3 is 9.47 Å². The Labute approximate surface area is 165 Å². The number of carbonyl (C=O) groups excluding carboxylic acids is 2. The van der Waals surface area contributed by atoms with Crippen molar-refractivity contribution in [2.45, 2.75) is 19.3 Å². The summed E-state index contributed by atoms with van der Waals surface area (Å²) in [5.74, 6) is 0.519. The van der Waals surface area contributed by atoms with Crippen molar-refractivity contribution in [2.24, 2.45) is 5.92 Å². The Kier molecular flexibility index (Phi) is 6.09. The zero-order valence-corrected chi connectivity index (χ0v) is 16.3. The molecule has 3 rings (SSSR count). The topological polar surface area (TPSA) is 52.6 Å². The number of hydrogen-bond acceptors (Lipinski definition) is 4. The second kappa shape index (κ2) is 8.70. The molecule has 2 aromatic rings. The number of rotatable bonds is 6. The Hall–Kier alpha value is -3.14. The smallest absolute Gasteiger partial charge is 0.167 e. The third-order valence-electron chi connectivity index (χ3n) is 5.08. The van der Waals surface area contributed by atoms with Gasteiger partial charge in [-0.1, -0.05) is 36.4 Å². The van der Waals surface area contributed by atoms with Crippen LogP contribution < -0.4 is 9.47 Å². The Bertz CT molecular complexity index is 905. The Morgan fingerprint density at radius 1 is 0.929 bits per heavy atom. The molecule has 28 heavy (non-hydrogen) atoms. The number of allylic oxidation sites excluding steroid dienone is 3. The normalized spacial score (nSPS) is 19.4. The molecule has 1 aliphatic rings. The molecule has 4 heteroatoms. The molecule has 0 bridgehead atoms. The lowest BCUT2D eigenvalue weighted by Gasteiger charge is -2.28. The summed E-state index contributed by atoms with van der Waals surface area (Å²) in [6.45, 7) is 1.49. The predicted molar refractivity (Wildman–Crippen MR) is 110 cm³/mol. The first-order valence-electron chi connectivity index (χ1n) is 9.22. The molecule has 0 aromatic heterocycles. The van der Waals surface area contributed by atoms with Crippen LogP contribution in [-0.2, 0) is 9.59 Å². The van der Waals surface area contributed by atoms with Gasteiger partial charge in [0, 0.05) is 5.92 Å². The van der Waals surface area contributed by atoms with Gasteiger partial charge in [0.05, 0.1) is 20.1 Å². The number of carbonyl (C=O) groups is 2. The summed E-state index contributed by atoms with van der Waals surface area (Å²) in [7, 11) is 3.25. The monoisotopic (exact) mass is 376 g/mol. The summed E-state index contributed by atoms with van der Waals surface area (Å²) >= 11 is 0. The molecule has 0 spiro atoms. The van der Waals surface area contributed by atoms with Crippen LogP contribution >= 0.6 is 0 Å². The van der Waals surface area contributed by atoms with E-state index in [0.717, 1.165) is 28.2 Å². The summed E-state index contributed by atoms with van der Waals surface area (Å²) in [4.78, 5) is 24.8. The van der Waals surface area contributed by atoms with E-state index in [2.05, 4.69) is 0 Å². The number of methoxy groups -OCH3 is 2. The van der Waals surface area contributed by atoms with Crippen molar-refractivity contribution in [1.82, 2.24) is 0 Å². The predicted octanol–water partition coefficient (Wildman–Crippen LogP) is 4.61. The first-order valence-corrected chi connectivity index (χ1v) is 9.22. The van der Waals surface area contributed by atoms with Crippen LogP contribution in [0.2, 0.25) is 0 Å². The molecule has 0 aliphatic heterocycles. The van der Waals surface area contributed by atoms with E-state index < -0.39 is 5.92 Å². The van der Waals surface area contributed by atoms with Gasteiger partial charge in [0.1, 0.15) is 17.3 Å². The largest absolute Gasteiger partial charge is 0.497 e. The molecule has 2 unspecified atom stereocenters. The van der Waals surface area contributed by atoms with E-state index in [1.807, 2.05) is 60.7 Å². The van der Waals surface area contributed by atoms with E-state index in [-0.39, 0.29) is 17.5 Å². The molecule has 144 valence electrons. The van der Waals surface area contributed by atoms with Gasteiger partial charge in [-0.25, -0.2) is 0 Å². The molecule has 0 fully saturated rings. The molecule has 0 saturated carbocycles. The van der Waals surface area contributed by atoms with Crippen LogP contribution in [0.15, 0.2) is 66.3 Å². The summed E-state index contributed by atoms with van der Waals surface area (Å²) < 4.78 is 10.4. The third-order valence-corrected chi connectivity index (χ3v) is 5.08. The van der Waals surface area contributed by atoms with Crippen LogP contribution in [0.25, 0.3) is 6.08 Å². The Morgan fingerprint density at radius 2 is 1.50 bits per heavy atom. The van der Waals surface area contributed by atoms with Crippen LogP contribution in [0.5, 0.6) is 11.5 Å². The van der Waals surface area contributed by atoms with Crippen LogP contribution in [0.1, 0.15) is 30.4 Å². The molecule has 1 aliphatic carbocycles. The second-order valence-electron chi connectivity index (χ2n) is 6.90. The van der Waals surface area contributed by atoms with Crippen molar-refractivity contribution in [3.63, 3.8) is 0 Å². The molecule has 0 N–H and O–H groups in total. The van der Waals surface area contributed by atoms with Crippen LogP contribution in [0.4, 0.5) is 0 Å². The number of ether oxygens (including phenoxy) is 2. The summed E-state index contributed by atoms with van der Waals surface area (Å²) in [6, 6.07) is 15.3. The highest BCUT2D eigenvalue weighted by Crippen LogP contribution is 2.37. The van der Waals surface area contributed by atoms with Crippen LogP contribution in [0.3, 0.4) is 0 Å². The lowest BCUT2D eigenvalue weighted by atomic mass is 9.73. The number of hydrogen-bond donors (Lipinski definition) is 0. The fourth-order valence-electron chi connectivity index (χ4n) is 3.58. The molecule has 4 nitrogen and oxygen atoms in total. The van der Waals surface area contributed by atoms with E-state index in [1.54, 1.807) is 20.3 Å². The molecular formula is C24H24O4. The minimum Gasteiger partial charge on any atom is -0.497 e. The average molecular weight is 376 g/mol. The van der Waals surface area contributed by atoms with Crippen molar-refractivity contribution in [2.75, 3.05) is 14.2 Å². The molecule has 0 heterocycles. The van der Waals surface area contributed by atoms with E-state index >= 15 is 0 Å². The van der Waals surface area contributed by atoms with E-state index in [9.17, 15) is 9.59 Å². The Balaban J connectivity index is 1.86. The van der Waals surface area contributed by atoms with E-state index in [0.29, 0.717) is 6.42 Å². The van der Waals surface area contributed by atoms with Crippen molar-refractivity contribution < 1.29 is 19.1 Å². The highest BCUT2D eigenvalue weighted by atomic mass is 16.5. The highest BCUT2D eigenvalue weighted by Gasteiger charge is 2.35.